The molecule has 3 aromatic rings. The first-order valence-corrected chi connectivity index (χ1v) is 10.7. The fourth-order valence-corrected chi connectivity index (χ4v) is 4.16. The quantitative estimate of drug-likeness (QED) is 0.271. The molecule has 0 spiro atoms. The van der Waals surface area contributed by atoms with Gasteiger partial charge in [-0.1, -0.05) is 60.4 Å². The minimum atomic E-state index is -0.785. The summed E-state index contributed by atoms with van der Waals surface area (Å²) < 4.78 is 5.26. The Balaban J connectivity index is 1.53. The van der Waals surface area contributed by atoms with Gasteiger partial charge in [-0.3, -0.25) is 14.4 Å². The number of hydrazine groups is 1. The fourth-order valence-electron chi connectivity index (χ4n) is 4.16. The third-order valence-electron chi connectivity index (χ3n) is 5.71. The molecule has 3 aromatic carbocycles. The number of carbonyl (C=O) groups excluding carboxylic acids is 3. The molecule has 2 aliphatic rings. The number of hydrogen-bond acceptors (Lipinski definition) is 5. The standard InChI is InChI=1S/C27H20N2O4/c1-2-33-27(32)24-23(28(24)29-25(30)21-14-8-9-15-22(21)26(29)31)20-13-7-6-12-19(20)17-16-18-10-4-3-5-11-18/h3-15,23-24H,2H2,1H3/t23-,24+,28?/m1/s1. The summed E-state index contributed by atoms with van der Waals surface area (Å²) in [7, 11) is 0. The fraction of sp³-hybridized carbons (Fsp3) is 0.148. The third-order valence-corrected chi connectivity index (χ3v) is 5.71. The molecule has 1 unspecified atom stereocenters. The summed E-state index contributed by atoms with van der Waals surface area (Å²) in [5.41, 5.74) is 3.00. The Morgan fingerprint density at radius 2 is 1.45 bits per heavy atom. The molecule has 162 valence electrons. The first-order chi connectivity index (χ1) is 16.1. The van der Waals surface area contributed by atoms with Crippen LogP contribution in [0.1, 0.15) is 50.4 Å². The number of benzene rings is 3. The van der Waals surface area contributed by atoms with Gasteiger partial charge in [0.25, 0.3) is 11.8 Å². The molecule has 6 nitrogen and oxygen atoms in total. The van der Waals surface area contributed by atoms with Crippen LogP contribution in [0.25, 0.3) is 0 Å². The van der Waals surface area contributed by atoms with Gasteiger partial charge in [0, 0.05) is 11.1 Å². The third kappa shape index (κ3) is 3.59. The maximum absolute atomic E-state index is 13.1. The highest BCUT2D eigenvalue weighted by atomic mass is 16.5. The Hall–Kier alpha value is -4.21. The zero-order valence-electron chi connectivity index (χ0n) is 17.9. The van der Waals surface area contributed by atoms with Gasteiger partial charge in [0.15, 0.2) is 0 Å². The second-order valence-electron chi connectivity index (χ2n) is 7.69. The highest BCUT2D eigenvalue weighted by molar-refractivity contribution is 6.21. The van der Waals surface area contributed by atoms with Crippen molar-refractivity contribution < 1.29 is 19.1 Å². The van der Waals surface area contributed by atoms with E-state index in [-0.39, 0.29) is 6.61 Å². The van der Waals surface area contributed by atoms with Gasteiger partial charge < -0.3 is 4.74 Å². The van der Waals surface area contributed by atoms with Crippen molar-refractivity contribution in [3.05, 3.63) is 107 Å². The van der Waals surface area contributed by atoms with Gasteiger partial charge >= 0.3 is 5.97 Å². The van der Waals surface area contributed by atoms with Gasteiger partial charge in [0.05, 0.1) is 23.8 Å². The van der Waals surface area contributed by atoms with Crippen molar-refractivity contribution in [3.63, 3.8) is 0 Å². The van der Waals surface area contributed by atoms with Crippen LogP contribution in [0.4, 0.5) is 0 Å². The van der Waals surface area contributed by atoms with Crippen LogP contribution in [0.15, 0.2) is 78.9 Å². The molecule has 0 aromatic heterocycles. The maximum atomic E-state index is 13.1. The molecular formula is C27H20N2O4. The molecule has 33 heavy (non-hydrogen) atoms. The van der Waals surface area contributed by atoms with Crippen LogP contribution >= 0.6 is 0 Å². The van der Waals surface area contributed by atoms with Gasteiger partial charge in [-0.25, -0.2) is 5.01 Å². The molecule has 1 fully saturated rings. The molecule has 5 rings (SSSR count). The molecule has 2 aliphatic heterocycles. The second-order valence-corrected chi connectivity index (χ2v) is 7.69. The lowest BCUT2D eigenvalue weighted by Crippen LogP contribution is -2.38. The minimum absolute atomic E-state index is 0.202. The second kappa shape index (κ2) is 8.38. The molecule has 0 saturated carbocycles. The summed E-state index contributed by atoms with van der Waals surface area (Å²) >= 11 is 0. The van der Waals surface area contributed by atoms with Crippen LogP contribution in [0.5, 0.6) is 0 Å². The summed E-state index contributed by atoms with van der Waals surface area (Å²) in [6, 6.07) is 22.4. The smallest absolute Gasteiger partial charge is 0.327 e. The Morgan fingerprint density at radius 3 is 2.12 bits per heavy atom. The lowest BCUT2D eigenvalue weighted by Gasteiger charge is -2.16. The summed E-state index contributed by atoms with van der Waals surface area (Å²) in [5, 5.41) is 2.57. The Kier molecular flexibility index (Phi) is 5.25. The minimum Gasteiger partial charge on any atom is -0.465 e. The number of esters is 1. The van der Waals surface area contributed by atoms with Crippen molar-refractivity contribution in [1.82, 2.24) is 10.0 Å². The van der Waals surface area contributed by atoms with E-state index in [0.29, 0.717) is 11.1 Å². The van der Waals surface area contributed by atoms with Crippen LogP contribution in [0, 0.1) is 11.8 Å². The van der Waals surface area contributed by atoms with Gasteiger partial charge in [0.2, 0.25) is 0 Å². The number of ether oxygens (including phenoxy) is 1. The Morgan fingerprint density at radius 1 is 0.848 bits per heavy atom. The molecule has 0 radical (unpaired) electrons. The number of hydrogen-bond donors (Lipinski definition) is 0. The molecular weight excluding hydrogens is 416 g/mol. The van der Waals surface area contributed by atoms with Crippen LogP contribution in [0.2, 0.25) is 0 Å². The van der Waals surface area contributed by atoms with Crippen molar-refractivity contribution >= 4 is 17.8 Å². The average Bonchev–Trinajstić information content (AvgIpc) is 3.52. The first-order valence-electron chi connectivity index (χ1n) is 10.7. The molecule has 2 amide bonds. The normalized spacial score (nSPS) is 20.6. The molecule has 6 heteroatoms. The highest BCUT2D eigenvalue weighted by Gasteiger charge is 2.62. The Labute approximate surface area is 191 Å². The summed E-state index contributed by atoms with van der Waals surface area (Å²) in [5.74, 6) is 4.94. The van der Waals surface area contributed by atoms with Gasteiger partial charge in [-0.15, -0.1) is 0 Å². The van der Waals surface area contributed by atoms with Crippen LogP contribution < -0.4 is 0 Å². The van der Waals surface area contributed by atoms with E-state index in [9.17, 15) is 14.4 Å². The van der Waals surface area contributed by atoms with Crippen LogP contribution in [0.3, 0.4) is 0 Å². The van der Waals surface area contributed by atoms with E-state index in [0.717, 1.165) is 21.7 Å². The Bertz CT molecular complexity index is 1290. The van der Waals surface area contributed by atoms with Gasteiger partial charge in [0.1, 0.15) is 6.04 Å². The largest absolute Gasteiger partial charge is 0.465 e. The number of fused-ring (bicyclic) bond motifs is 1. The number of imide groups is 1. The molecule has 2 heterocycles. The van der Waals surface area contributed by atoms with E-state index in [2.05, 4.69) is 11.8 Å². The number of nitrogens with zero attached hydrogens (tertiary/aromatic N) is 2. The lowest BCUT2D eigenvalue weighted by atomic mass is 10.0. The SMILES string of the molecule is CCOC(=O)[C@@H]1[C@@H](c2ccccc2C#Cc2ccccc2)N1N1C(=O)c2ccccc2C1=O. The van der Waals surface area contributed by atoms with Crippen LogP contribution in [-0.2, 0) is 9.53 Å². The molecule has 0 N–H and O–H groups in total. The highest BCUT2D eigenvalue weighted by Crippen LogP contribution is 2.48. The van der Waals surface area contributed by atoms with Crippen molar-refractivity contribution in [2.45, 2.75) is 19.0 Å². The topological polar surface area (TPSA) is 66.7 Å². The van der Waals surface area contributed by atoms with E-state index in [1.54, 1.807) is 31.2 Å². The van der Waals surface area contributed by atoms with E-state index >= 15 is 0 Å². The monoisotopic (exact) mass is 436 g/mol. The molecule has 0 bridgehead atoms. The van der Waals surface area contributed by atoms with Crippen molar-refractivity contribution in [2.75, 3.05) is 6.61 Å². The van der Waals surface area contributed by atoms with Crippen molar-refractivity contribution in [2.24, 2.45) is 0 Å². The maximum Gasteiger partial charge on any atom is 0.327 e. The zero-order valence-corrected chi connectivity index (χ0v) is 17.9. The summed E-state index contributed by atoms with van der Waals surface area (Å²) in [6.45, 7) is 1.92. The summed E-state index contributed by atoms with van der Waals surface area (Å²) in [6.07, 6.45) is 0. The number of amides is 2. The number of carbonyl (C=O) groups is 3. The lowest BCUT2D eigenvalue weighted by molar-refractivity contribution is -0.144. The van der Waals surface area contributed by atoms with E-state index in [4.69, 9.17) is 4.74 Å². The van der Waals surface area contributed by atoms with Crippen LogP contribution in [-0.4, -0.2) is 40.5 Å². The molecule has 3 atom stereocenters. The molecule has 0 aliphatic carbocycles. The predicted octanol–water partition coefficient (Wildman–Crippen LogP) is 3.59. The first kappa shape index (κ1) is 20.7. The zero-order chi connectivity index (χ0) is 22.9. The average molecular weight is 436 g/mol. The predicted molar refractivity (Wildman–Crippen MR) is 121 cm³/mol. The van der Waals surface area contributed by atoms with Gasteiger partial charge in [-0.05, 0) is 42.8 Å². The molecule has 1 saturated heterocycles. The van der Waals surface area contributed by atoms with E-state index in [1.807, 2.05) is 54.6 Å². The van der Waals surface area contributed by atoms with E-state index in [1.165, 1.54) is 5.01 Å². The summed E-state index contributed by atoms with van der Waals surface area (Å²) in [4.78, 5) is 38.9. The van der Waals surface area contributed by atoms with E-state index < -0.39 is 29.9 Å². The van der Waals surface area contributed by atoms with Gasteiger partial charge in [-0.2, -0.15) is 5.01 Å². The van der Waals surface area contributed by atoms with Crippen molar-refractivity contribution in [3.8, 4) is 11.8 Å². The van der Waals surface area contributed by atoms with Crippen molar-refractivity contribution in [1.29, 1.82) is 0 Å². The number of rotatable bonds is 4.